The van der Waals surface area contributed by atoms with Gasteiger partial charge in [0.05, 0.1) is 5.56 Å². The number of furan rings is 1. The van der Waals surface area contributed by atoms with E-state index in [4.69, 9.17) is 4.42 Å². The van der Waals surface area contributed by atoms with E-state index in [9.17, 15) is 21.6 Å². The van der Waals surface area contributed by atoms with Crippen LogP contribution in [0.5, 0.6) is 0 Å². The minimum absolute atomic E-state index is 0.175. The molecule has 0 aliphatic rings. The first kappa shape index (κ1) is 18.0. The van der Waals surface area contributed by atoms with Crippen LogP contribution < -0.4 is 4.83 Å². The number of alkyl halides is 3. The van der Waals surface area contributed by atoms with Crippen LogP contribution in [0.2, 0.25) is 0 Å². The average molecular weight is 382 g/mol. The van der Waals surface area contributed by atoms with Crippen molar-refractivity contribution in [3.63, 3.8) is 0 Å². The topological polar surface area (TPSA) is 71.7 Å². The fourth-order valence-electron chi connectivity index (χ4n) is 2.33. The Balaban J connectivity index is 1.92. The maximum Gasteiger partial charge on any atom is 0.417 e. The molecular weight excluding hydrogens is 369 g/mol. The number of rotatable bonds is 4. The van der Waals surface area contributed by atoms with Crippen molar-refractivity contribution in [2.45, 2.75) is 18.0 Å². The lowest BCUT2D eigenvalue weighted by atomic mass is 10.2. The van der Waals surface area contributed by atoms with E-state index in [2.05, 4.69) is 5.10 Å². The minimum Gasteiger partial charge on any atom is -0.455 e. The van der Waals surface area contributed by atoms with E-state index in [1.165, 1.54) is 13.0 Å². The Labute approximate surface area is 147 Å². The van der Waals surface area contributed by atoms with Gasteiger partial charge in [-0.25, -0.2) is 0 Å². The zero-order valence-corrected chi connectivity index (χ0v) is 14.2. The number of hydrogen-bond acceptors (Lipinski definition) is 4. The van der Waals surface area contributed by atoms with E-state index >= 15 is 0 Å². The largest absolute Gasteiger partial charge is 0.455 e. The van der Waals surface area contributed by atoms with Gasteiger partial charge in [0.2, 0.25) is 0 Å². The molecule has 136 valence electrons. The van der Waals surface area contributed by atoms with Crippen LogP contribution in [0.1, 0.15) is 18.2 Å². The van der Waals surface area contributed by atoms with Crippen LogP contribution in [-0.2, 0) is 16.2 Å². The molecule has 0 aliphatic carbocycles. The fraction of sp³-hybridized carbons (Fsp3) is 0.118. The van der Waals surface area contributed by atoms with Crippen molar-refractivity contribution in [3.05, 3.63) is 65.9 Å². The molecule has 2 aromatic carbocycles. The molecule has 0 atom stereocenters. The number of fused-ring (bicyclic) bond motifs is 1. The first-order valence-electron chi connectivity index (χ1n) is 7.40. The molecule has 1 heterocycles. The van der Waals surface area contributed by atoms with Gasteiger partial charge in [0.15, 0.2) is 5.76 Å². The van der Waals surface area contributed by atoms with Crippen molar-refractivity contribution >= 4 is 26.7 Å². The lowest BCUT2D eigenvalue weighted by Gasteiger charge is -2.12. The molecule has 0 unspecified atom stereocenters. The molecular formula is C17H13F3N2O3S. The van der Waals surface area contributed by atoms with E-state index in [1.54, 1.807) is 24.3 Å². The highest BCUT2D eigenvalue weighted by molar-refractivity contribution is 7.89. The summed E-state index contributed by atoms with van der Waals surface area (Å²) in [6.45, 7) is 1.48. The van der Waals surface area contributed by atoms with Gasteiger partial charge in [-0.05, 0) is 31.2 Å². The van der Waals surface area contributed by atoms with Gasteiger partial charge in [-0.1, -0.05) is 30.3 Å². The van der Waals surface area contributed by atoms with Crippen LogP contribution in [0.4, 0.5) is 13.2 Å². The Bertz CT molecular complexity index is 1050. The van der Waals surface area contributed by atoms with Crippen LogP contribution >= 0.6 is 0 Å². The third-order valence-corrected chi connectivity index (χ3v) is 4.86. The molecule has 5 nitrogen and oxygen atoms in total. The maximum atomic E-state index is 13.0. The first-order valence-corrected chi connectivity index (χ1v) is 8.88. The molecule has 3 rings (SSSR count). The second-order valence-electron chi connectivity index (χ2n) is 5.43. The second kappa shape index (κ2) is 6.49. The van der Waals surface area contributed by atoms with Gasteiger partial charge in [-0.15, -0.1) is 0 Å². The van der Waals surface area contributed by atoms with Crippen LogP contribution in [0, 0.1) is 0 Å². The number of halogens is 3. The Morgan fingerprint density at radius 2 is 1.73 bits per heavy atom. The van der Waals surface area contributed by atoms with Gasteiger partial charge >= 0.3 is 6.18 Å². The van der Waals surface area contributed by atoms with Crippen LogP contribution in [0.25, 0.3) is 11.0 Å². The van der Waals surface area contributed by atoms with Gasteiger partial charge in [0.1, 0.15) is 16.2 Å². The monoisotopic (exact) mass is 382 g/mol. The summed E-state index contributed by atoms with van der Waals surface area (Å²) in [5, 5.41) is 4.47. The normalized spacial score (nSPS) is 13.2. The van der Waals surface area contributed by atoms with E-state index < -0.39 is 26.7 Å². The highest BCUT2D eigenvalue weighted by Crippen LogP contribution is 2.33. The Morgan fingerprint density at radius 3 is 2.42 bits per heavy atom. The molecule has 0 fully saturated rings. The third-order valence-electron chi connectivity index (χ3n) is 3.60. The minimum atomic E-state index is -4.80. The summed E-state index contributed by atoms with van der Waals surface area (Å²) < 4.78 is 69.1. The zero-order chi connectivity index (χ0) is 18.9. The summed E-state index contributed by atoms with van der Waals surface area (Å²) in [6.07, 6.45) is -4.80. The maximum absolute atomic E-state index is 13.0. The van der Waals surface area contributed by atoms with Crippen molar-refractivity contribution in [1.29, 1.82) is 0 Å². The SMILES string of the molecule is CC(=NNS(=O)(=O)c1ccccc1C(F)(F)F)c1cc2ccccc2o1. The molecule has 1 N–H and O–H groups in total. The Morgan fingerprint density at radius 1 is 1.08 bits per heavy atom. The van der Waals surface area contributed by atoms with Crippen LogP contribution in [-0.4, -0.2) is 14.1 Å². The number of hydrogen-bond donors (Lipinski definition) is 1. The molecule has 1 aromatic heterocycles. The number of hydrazone groups is 1. The third kappa shape index (κ3) is 3.57. The van der Waals surface area contributed by atoms with E-state index in [-0.39, 0.29) is 5.71 Å². The Hall–Kier alpha value is -2.81. The summed E-state index contributed by atoms with van der Waals surface area (Å²) in [4.78, 5) is 0.936. The summed E-state index contributed by atoms with van der Waals surface area (Å²) in [6, 6.07) is 12.7. The average Bonchev–Trinajstić information content (AvgIpc) is 3.03. The number of nitrogens with zero attached hydrogens (tertiary/aromatic N) is 1. The number of benzene rings is 2. The predicted molar refractivity (Wildman–Crippen MR) is 90.2 cm³/mol. The lowest BCUT2D eigenvalue weighted by Crippen LogP contribution is -2.23. The van der Waals surface area contributed by atoms with Gasteiger partial charge in [-0.2, -0.15) is 31.5 Å². The fourth-order valence-corrected chi connectivity index (χ4v) is 3.41. The number of nitrogens with one attached hydrogen (secondary N) is 1. The van der Waals surface area contributed by atoms with E-state index in [1.807, 2.05) is 10.9 Å². The summed E-state index contributed by atoms with van der Waals surface area (Å²) in [5.74, 6) is 0.304. The zero-order valence-electron chi connectivity index (χ0n) is 13.4. The molecule has 3 aromatic rings. The number of para-hydroxylation sites is 1. The Kier molecular flexibility index (Phi) is 4.49. The lowest BCUT2D eigenvalue weighted by molar-refractivity contribution is -0.139. The van der Waals surface area contributed by atoms with E-state index in [0.29, 0.717) is 17.4 Å². The van der Waals surface area contributed by atoms with Crippen LogP contribution in [0.3, 0.4) is 0 Å². The van der Waals surface area contributed by atoms with Crippen molar-refractivity contribution < 1.29 is 26.0 Å². The summed E-state index contributed by atoms with van der Waals surface area (Å²) in [5.41, 5.74) is -0.499. The van der Waals surface area contributed by atoms with Gasteiger partial charge in [0.25, 0.3) is 10.0 Å². The van der Waals surface area contributed by atoms with Gasteiger partial charge < -0.3 is 4.42 Å². The predicted octanol–water partition coefficient (Wildman–Crippen LogP) is 4.15. The summed E-state index contributed by atoms with van der Waals surface area (Å²) in [7, 11) is -4.51. The van der Waals surface area contributed by atoms with Crippen molar-refractivity contribution in [2.75, 3.05) is 0 Å². The molecule has 26 heavy (non-hydrogen) atoms. The first-order chi connectivity index (χ1) is 12.2. The smallest absolute Gasteiger partial charge is 0.417 e. The van der Waals surface area contributed by atoms with Gasteiger partial charge in [-0.3, -0.25) is 0 Å². The molecule has 0 radical (unpaired) electrons. The molecule has 0 saturated heterocycles. The van der Waals surface area contributed by atoms with Crippen molar-refractivity contribution in [1.82, 2.24) is 4.83 Å². The van der Waals surface area contributed by atoms with Crippen LogP contribution in [0.15, 0.2) is 69.0 Å². The summed E-state index contributed by atoms with van der Waals surface area (Å²) >= 11 is 0. The van der Waals surface area contributed by atoms with Gasteiger partial charge in [0, 0.05) is 5.39 Å². The quantitative estimate of drug-likeness (QED) is 0.544. The molecule has 9 heteroatoms. The highest BCUT2D eigenvalue weighted by Gasteiger charge is 2.36. The van der Waals surface area contributed by atoms with Crippen molar-refractivity contribution in [2.24, 2.45) is 5.10 Å². The second-order valence-corrected chi connectivity index (χ2v) is 7.06. The molecule has 0 bridgehead atoms. The molecule has 0 amide bonds. The standard InChI is InChI=1S/C17H13F3N2O3S/c1-11(15-10-12-6-2-4-8-14(12)25-15)21-22-26(23,24)16-9-5-3-7-13(16)17(18,19)20/h2-10,22H,1H3. The molecule has 0 aliphatic heterocycles. The van der Waals surface area contributed by atoms with E-state index in [0.717, 1.165) is 17.5 Å². The number of sulfonamides is 1. The molecule has 0 spiro atoms. The highest BCUT2D eigenvalue weighted by atomic mass is 32.2. The van der Waals surface area contributed by atoms with Crippen molar-refractivity contribution in [3.8, 4) is 0 Å². The molecule has 0 saturated carbocycles.